The molecule has 0 unspecified atom stereocenters. The van der Waals surface area contributed by atoms with Crippen LogP contribution >= 0.6 is 0 Å². The number of hydrogen-bond donors (Lipinski definition) is 1. The van der Waals surface area contributed by atoms with Gasteiger partial charge in [0.05, 0.1) is 6.26 Å². The number of para-hydroxylation sites is 2. The predicted octanol–water partition coefficient (Wildman–Crippen LogP) is 3.46. The first-order valence-corrected chi connectivity index (χ1v) is 10.7. The van der Waals surface area contributed by atoms with Gasteiger partial charge in [-0.05, 0) is 49.9 Å². The minimum atomic E-state index is -3.21. The highest BCUT2D eigenvalue weighted by molar-refractivity contribution is 7.88. The lowest BCUT2D eigenvalue weighted by Gasteiger charge is -2.32. The van der Waals surface area contributed by atoms with Gasteiger partial charge in [-0.2, -0.15) is 0 Å². The van der Waals surface area contributed by atoms with Crippen molar-refractivity contribution in [1.82, 2.24) is 4.72 Å². The van der Waals surface area contributed by atoms with E-state index in [1.807, 2.05) is 60.7 Å². The molecule has 6 heteroatoms. The number of nitrogens with one attached hydrogen (secondary N) is 1. The van der Waals surface area contributed by atoms with Gasteiger partial charge in [-0.25, -0.2) is 13.1 Å². The quantitative estimate of drug-likeness (QED) is 0.874. The second kappa shape index (κ2) is 8.01. The van der Waals surface area contributed by atoms with Crippen LogP contribution in [0.3, 0.4) is 0 Å². The first kappa shape index (κ1) is 18.6. The first-order chi connectivity index (χ1) is 12.4. The monoisotopic (exact) mass is 372 g/mol. The van der Waals surface area contributed by atoms with Gasteiger partial charge in [-0.3, -0.25) is 9.69 Å². The summed E-state index contributed by atoms with van der Waals surface area (Å²) in [5.41, 5.74) is 1.69. The normalized spacial score (nSPS) is 20.5. The number of carbonyl (C=O) groups excluding carboxylic acids is 1. The predicted molar refractivity (Wildman–Crippen MR) is 104 cm³/mol. The molecule has 3 rings (SSSR count). The maximum Gasteiger partial charge on any atom is 0.234 e. The Kier molecular flexibility index (Phi) is 5.74. The van der Waals surface area contributed by atoms with Gasteiger partial charge in [0.15, 0.2) is 0 Å². The molecule has 1 aliphatic carbocycles. The summed E-state index contributed by atoms with van der Waals surface area (Å²) < 4.78 is 25.5. The van der Waals surface area contributed by atoms with Crippen LogP contribution in [0, 0.1) is 5.92 Å². The van der Waals surface area contributed by atoms with E-state index in [0.29, 0.717) is 25.7 Å². The van der Waals surface area contributed by atoms with Crippen LogP contribution in [0.15, 0.2) is 60.7 Å². The summed E-state index contributed by atoms with van der Waals surface area (Å²) in [4.78, 5) is 15.1. The lowest BCUT2D eigenvalue weighted by Crippen LogP contribution is -2.40. The Hall–Kier alpha value is -2.18. The largest absolute Gasteiger partial charge is 0.281 e. The average Bonchev–Trinajstić information content (AvgIpc) is 2.63. The van der Waals surface area contributed by atoms with Crippen molar-refractivity contribution in [3.8, 4) is 0 Å². The highest BCUT2D eigenvalue weighted by Crippen LogP contribution is 2.32. The maximum absolute atomic E-state index is 13.3. The molecular formula is C20H24N2O3S. The second-order valence-electron chi connectivity index (χ2n) is 6.78. The molecule has 0 heterocycles. The van der Waals surface area contributed by atoms with Gasteiger partial charge in [0.25, 0.3) is 0 Å². The van der Waals surface area contributed by atoms with Crippen LogP contribution < -0.4 is 9.62 Å². The Morgan fingerprint density at radius 1 is 0.885 bits per heavy atom. The van der Waals surface area contributed by atoms with Crippen LogP contribution in [-0.4, -0.2) is 26.6 Å². The van der Waals surface area contributed by atoms with E-state index in [1.165, 1.54) is 6.26 Å². The fraction of sp³-hybridized carbons (Fsp3) is 0.350. The molecule has 26 heavy (non-hydrogen) atoms. The maximum atomic E-state index is 13.3. The molecule has 0 spiro atoms. The molecule has 0 aromatic heterocycles. The van der Waals surface area contributed by atoms with Gasteiger partial charge in [-0.15, -0.1) is 0 Å². The summed E-state index contributed by atoms with van der Waals surface area (Å²) in [6.45, 7) is 0. The molecule has 0 bridgehead atoms. The molecule has 0 atom stereocenters. The van der Waals surface area contributed by atoms with Crippen LogP contribution in [0.2, 0.25) is 0 Å². The summed E-state index contributed by atoms with van der Waals surface area (Å²) >= 11 is 0. The Morgan fingerprint density at radius 2 is 1.35 bits per heavy atom. The number of anilines is 2. The molecule has 2 aromatic rings. The summed E-state index contributed by atoms with van der Waals surface area (Å²) in [6, 6.07) is 19.2. The third-order valence-electron chi connectivity index (χ3n) is 4.71. The van der Waals surface area contributed by atoms with Gasteiger partial charge in [-0.1, -0.05) is 36.4 Å². The molecule has 1 fully saturated rings. The molecule has 0 aliphatic heterocycles. The Labute approximate surface area is 155 Å². The molecule has 1 amide bonds. The topological polar surface area (TPSA) is 66.5 Å². The zero-order chi connectivity index (χ0) is 18.6. The SMILES string of the molecule is CS(=O)(=O)NC1CCC(C(=O)N(c2ccccc2)c2ccccc2)CC1. The number of benzene rings is 2. The van der Waals surface area contributed by atoms with Crippen molar-refractivity contribution >= 4 is 27.3 Å². The highest BCUT2D eigenvalue weighted by Gasteiger charge is 2.31. The summed E-state index contributed by atoms with van der Waals surface area (Å²) in [6.07, 6.45) is 3.91. The van der Waals surface area contributed by atoms with Crippen molar-refractivity contribution in [3.05, 3.63) is 60.7 Å². The zero-order valence-corrected chi connectivity index (χ0v) is 15.7. The van der Waals surface area contributed by atoms with Crippen molar-refractivity contribution < 1.29 is 13.2 Å². The zero-order valence-electron chi connectivity index (χ0n) is 14.8. The van der Waals surface area contributed by atoms with E-state index in [-0.39, 0.29) is 17.9 Å². The van der Waals surface area contributed by atoms with Crippen LogP contribution in [0.4, 0.5) is 11.4 Å². The van der Waals surface area contributed by atoms with E-state index in [4.69, 9.17) is 0 Å². The van der Waals surface area contributed by atoms with Crippen molar-refractivity contribution in [2.45, 2.75) is 31.7 Å². The smallest absolute Gasteiger partial charge is 0.234 e. The van der Waals surface area contributed by atoms with Gasteiger partial charge in [0.1, 0.15) is 0 Å². The Balaban J connectivity index is 1.77. The molecule has 1 saturated carbocycles. The minimum absolute atomic E-state index is 0.0696. The van der Waals surface area contributed by atoms with Crippen LogP contribution in [0.1, 0.15) is 25.7 Å². The van der Waals surface area contributed by atoms with E-state index >= 15 is 0 Å². The third kappa shape index (κ3) is 4.71. The molecule has 2 aromatic carbocycles. The van der Waals surface area contributed by atoms with E-state index in [9.17, 15) is 13.2 Å². The number of hydrogen-bond acceptors (Lipinski definition) is 3. The van der Waals surface area contributed by atoms with Gasteiger partial charge < -0.3 is 0 Å². The molecule has 0 saturated heterocycles. The number of carbonyl (C=O) groups is 1. The summed E-state index contributed by atoms with van der Waals surface area (Å²) in [5, 5.41) is 0. The molecule has 5 nitrogen and oxygen atoms in total. The molecule has 1 aliphatic rings. The van der Waals surface area contributed by atoms with Crippen molar-refractivity contribution in [3.63, 3.8) is 0 Å². The third-order valence-corrected chi connectivity index (χ3v) is 5.47. The van der Waals surface area contributed by atoms with Crippen LogP contribution in [0.25, 0.3) is 0 Å². The number of rotatable bonds is 5. The van der Waals surface area contributed by atoms with Gasteiger partial charge in [0.2, 0.25) is 15.9 Å². The van der Waals surface area contributed by atoms with E-state index in [1.54, 1.807) is 4.90 Å². The lowest BCUT2D eigenvalue weighted by atomic mass is 9.85. The number of amides is 1. The highest BCUT2D eigenvalue weighted by atomic mass is 32.2. The summed E-state index contributed by atoms with van der Waals surface area (Å²) in [5.74, 6) is -0.0340. The van der Waals surface area contributed by atoms with Gasteiger partial charge >= 0.3 is 0 Å². The first-order valence-electron chi connectivity index (χ1n) is 8.85. The average molecular weight is 372 g/mol. The minimum Gasteiger partial charge on any atom is -0.281 e. The fourth-order valence-corrected chi connectivity index (χ4v) is 4.34. The summed E-state index contributed by atoms with van der Waals surface area (Å²) in [7, 11) is -3.21. The van der Waals surface area contributed by atoms with Crippen LogP contribution in [0.5, 0.6) is 0 Å². The van der Waals surface area contributed by atoms with Crippen molar-refractivity contribution in [2.24, 2.45) is 5.92 Å². The molecule has 1 N–H and O–H groups in total. The molecular weight excluding hydrogens is 348 g/mol. The lowest BCUT2D eigenvalue weighted by molar-refractivity contribution is -0.122. The van der Waals surface area contributed by atoms with Gasteiger partial charge in [0, 0.05) is 23.3 Å². The Bertz CT molecular complexity index is 790. The van der Waals surface area contributed by atoms with E-state index < -0.39 is 10.0 Å². The van der Waals surface area contributed by atoms with E-state index in [2.05, 4.69) is 4.72 Å². The molecule has 0 radical (unpaired) electrons. The fourth-order valence-electron chi connectivity index (χ4n) is 3.50. The standard InChI is InChI=1S/C20H24N2O3S/c1-26(24,25)21-17-14-12-16(13-15-17)20(23)22(18-8-4-2-5-9-18)19-10-6-3-7-11-19/h2-11,16-17,21H,12-15H2,1H3. The van der Waals surface area contributed by atoms with Crippen molar-refractivity contribution in [2.75, 3.05) is 11.2 Å². The van der Waals surface area contributed by atoms with Crippen molar-refractivity contribution in [1.29, 1.82) is 0 Å². The Morgan fingerprint density at radius 3 is 1.77 bits per heavy atom. The molecule has 138 valence electrons. The second-order valence-corrected chi connectivity index (χ2v) is 8.56. The van der Waals surface area contributed by atoms with E-state index in [0.717, 1.165) is 11.4 Å². The number of nitrogens with zero attached hydrogens (tertiary/aromatic N) is 1. The number of sulfonamides is 1. The van der Waals surface area contributed by atoms with Crippen LogP contribution in [-0.2, 0) is 14.8 Å².